The Morgan fingerprint density at radius 3 is 2.86 bits per heavy atom. The van der Waals surface area contributed by atoms with Crippen LogP contribution in [0.5, 0.6) is 11.5 Å². The van der Waals surface area contributed by atoms with Crippen LogP contribution in [0.1, 0.15) is 18.9 Å². The van der Waals surface area contributed by atoms with Crippen molar-refractivity contribution in [3.63, 3.8) is 0 Å². The molecule has 1 aliphatic heterocycles. The summed E-state index contributed by atoms with van der Waals surface area (Å²) >= 11 is 0. The van der Waals surface area contributed by atoms with Crippen molar-refractivity contribution in [2.75, 3.05) is 33.3 Å². The van der Waals surface area contributed by atoms with E-state index in [-0.39, 0.29) is 5.75 Å². The van der Waals surface area contributed by atoms with Gasteiger partial charge in [-0.2, -0.15) is 8.78 Å². The first-order chi connectivity index (χ1) is 10.6. The molecule has 1 heterocycles. The zero-order valence-corrected chi connectivity index (χ0v) is 13.1. The van der Waals surface area contributed by atoms with E-state index in [9.17, 15) is 8.78 Å². The third-order valence-corrected chi connectivity index (χ3v) is 3.79. The predicted octanol–water partition coefficient (Wildman–Crippen LogP) is 2.73. The Balaban J connectivity index is 2.01. The second-order valence-corrected chi connectivity index (χ2v) is 5.54. The Hall–Kier alpha value is -1.40. The molecule has 1 aromatic carbocycles. The second-order valence-electron chi connectivity index (χ2n) is 5.54. The first-order valence-electron chi connectivity index (χ1n) is 7.69. The number of hydrogen-bond donors (Lipinski definition) is 1. The van der Waals surface area contributed by atoms with Gasteiger partial charge in [-0.1, -0.05) is 6.07 Å². The van der Waals surface area contributed by atoms with Gasteiger partial charge in [-0.3, -0.25) is 4.90 Å². The topological polar surface area (TPSA) is 33.7 Å². The van der Waals surface area contributed by atoms with Gasteiger partial charge in [0.2, 0.25) is 0 Å². The number of likely N-dealkylation sites (tertiary alicyclic amines) is 1. The van der Waals surface area contributed by atoms with E-state index in [2.05, 4.69) is 15.0 Å². The lowest BCUT2D eigenvalue weighted by atomic mass is 10.1. The standard InChI is InChI=1S/C16H24F2N2O2/c1-3-21-15-8-12(4-5-14(15)22-16(17)18)10-20-7-6-13(11-20)9-19-2/h4-5,8,13,16,19H,3,6-7,9-11H2,1-2H3. The Labute approximate surface area is 130 Å². The average molecular weight is 314 g/mol. The van der Waals surface area contributed by atoms with Gasteiger partial charge < -0.3 is 14.8 Å². The van der Waals surface area contributed by atoms with Crippen LogP contribution in [-0.4, -0.2) is 44.8 Å². The van der Waals surface area contributed by atoms with Crippen molar-refractivity contribution in [3.05, 3.63) is 23.8 Å². The summed E-state index contributed by atoms with van der Waals surface area (Å²) in [6.45, 7) is 3.34. The van der Waals surface area contributed by atoms with Crippen LogP contribution < -0.4 is 14.8 Å². The molecule has 0 saturated carbocycles. The smallest absolute Gasteiger partial charge is 0.387 e. The molecule has 0 spiro atoms. The Morgan fingerprint density at radius 2 is 2.18 bits per heavy atom. The summed E-state index contributed by atoms with van der Waals surface area (Å²) in [5.74, 6) is 1.15. The minimum atomic E-state index is -2.84. The minimum absolute atomic E-state index is 0.0927. The Bertz CT molecular complexity index is 471. The first kappa shape index (κ1) is 17.0. The molecule has 1 N–H and O–H groups in total. The van der Waals surface area contributed by atoms with Crippen molar-refractivity contribution in [1.82, 2.24) is 10.2 Å². The highest BCUT2D eigenvalue weighted by molar-refractivity contribution is 5.43. The summed E-state index contributed by atoms with van der Waals surface area (Å²) in [5, 5.41) is 3.21. The highest BCUT2D eigenvalue weighted by Crippen LogP contribution is 2.31. The summed E-state index contributed by atoms with van der Waals surface area (Å²) in [6, 6.07) is 5.19. The highest BCUT2D eigenvalue weighted by atomic mass is 19.3. The zero-order valence-electron chi connectivity index (χ0n) is 13.1. The number of hydrogen-bond acceptors (Lipinski definition) is 4. The van der Waals surface area contributed by atoms with E-state index in [0.29, 0.717) is 18.3 Å². The number of alkyl halides is 2. The average Bonchev–Trinajstić information content (AvgIpc) is 2.89. The molecule has 124 valence electrons. The molecular formula is C16H24F2N2O2. The van der Waals surface area contributed by atoms with Crippen LogP contribution in [-0.2, 0) is 6.54 Å². The van der Waals surface area contributed by atoms with E-state index in [4.69, 9.17) is 4.74 Å². The monoisotopic (exact) mass is 314 g/mol. The minimum Gasteiger partial charge on any atom is -0.490 e. The molecule has 0 amide bonds. The van der Waals surface area contributed by atoms with Gasteiger partial charge in [0.25, 0.3) is 0 Å². The molecule has 2 rings (SSSR count). The molecule has 6 heteroatoms. The van der Waals surface area contributed by atoms with E-state index in [1.165, 1.54) is 6.42 Å². The van der Waals surface area contributed by atoms with Gasteiger partial charge in [0.15, 0.2) is 11.5 Å². The molecule has 1 unspecified atom stereocenters. The van der Waals surface area contributed by atoms with Crippen LogP contribution >= 0.6 is 0 Å². The summed E-state index contributed by atoms with van der Waals surface area (Å²) < 4.78 is 34.7. The summed E-state index contributed by atoms with van der Waals surface area (Å²) in [6.07, 6.45) is 1.19. The summed E-state index contributed by atoms with van der Waals surface area (Å²) in [7, 11) is 1.97. The zero-order chi connectivity index (χ0) is 15.9. The van der Waals surface area contributed by atoms with Gasteiger partial charge in [-0.25, -0.2) is 0 Å². The van der Waals surface area contributed by atoms with Crippen molar-refractivity contribution in [1.29, 1.82) is 0 Å². The quantitative estimate of drug-likeness (QED) is 0.800. The lowest BCUT2D eigenvalue weighted by Crippen LogP contribution is -2.24. The number of nitrogens with zero attached hydrogens (tertiary/aromatic N) is 1. The summed E-state index contributed by atoms with van der Waals surface area (Å²) in [5.41, 5.74) is 1.05. The Morgan fingerprint density at radius 1 is 1.36 bits per heavy atom. The molecule has 22 heavy (non-hydrogen) atoms. The van der Waals surface area contributed by atoms with Crippen LogP contribution in [0.4, 0.5) is 8.78 Å². The van der Waals surface area contributed by atoms with Crippen molar-refractivity contribution < 1.29 is 18.3 Å². The molecule has 0 aromatic heterocycles. The fourth-order valence-electron chi connectivity index (χ4n) is 2.88. The van der Waals surface area contributed by atoms with Crippen LogP contribution in [0.3, 0.4) is 0 Å². The van der Waals surface area contributed by atoms with Crippen molar-refractivity contribution in [2.45, 2.75) is 26.5 Å². The highest BCUT2D eigenvalue weighted by Gasteiger charge is 2.22. The molecule has 1 aliphatic rings. The normalized spacial score (nSPS) is 18.9. The molecule has 1 atom stereocenters. The largest absolute Gasteiger partial charge is 0.490 e. The molecule has 0 radical (unpaired) electrons. The lowest BCUT2D eigenvalue weighted by Gasteiger charge is -2.18. The maximum Gasteiger partial charge on any atom is 0.387 e. The summed E-state index contributed by atoms with van der Waals surface area (Å²) in [4.78, 5) is 2.38. The van der Waals surface area contributed by atoms with Gasteiger partial charge >= 0.3 is 6.61 Å². The predicted molar refractivity (Wildman–Crippen MR) is 81.6 cm³/mol. The third kappa shape index (κ3) is 4.81. The van der Waals surface area contributed by atoms with E-state index >= 15 is 0 Å². The van der Waals surface area contributed by atoms with Gasteiger partial charge in [-0.05, 0) is 57.1 Å². The maximum atomic E-state index is 12.4. The van der Waals surface area contributed by atoms with Crippen LogP contribution in [0.2, 0.25) is 0 Å². The van der Waals surface area contributed by atoms with Crippen molar-refractivity contribution in [3.8, 4) is 11.5 Å². The van der Waals surface area contributed by atoms with Gasteiger partial charge in [0, 0.05) is 13.1 Å². The maximum absolute atomic E-state index is 12.4. The van der Waals surface area contributed by atoms with Gasteiger partial charge in [0.1, 0.15) is 0 Å². The number of rotatable bonds is 8. The van der Waals surface area contributed by atoms with E-state index in [1.54, 1.807) is 12.1 Å². The van der Waals surface area contributed by atoms with Crippen molar-refractivity contribution in [2.24, 2.45) is 5.92 Å². The lowest BCUT2D eigenvalue weighted by molar-refractivity contribution is -0.0514. The molecule has 4 nitrogen and oxygen atoms in total. The molecule has 1 fully saturated rings. The van der Waals surface area contributed by atoms with Crippen LogP contribution in [0, 0.1) is 5.92 Å². The first-order valence-corrected chi connectivity index (χ1v) is 7.69. The molecule has 1 aromatic rings. The fourth-order valence-corrected chi connectivity index (χ4v) is 2.88. The van der Waals surface area contributed by atoms with Crippen molar-refractivity contribution >= 4 is 0 Å². The van der Waals surface area contributed by atoms with Gasteiger partial charge in [-0.15, -0.1) is 0 Å². The van der Waals surface area contributed by atoms with E-state index < -0.39 is 6.61 Å². The molecule has 0 bridgehead atoms. The van der Waals surface area contributed by atoms with Gasteiger partial charge in [0.05, 0.1) is 6.61 Å². The SMILES string of the molecule is CCOc1cc(CN2CCC(CNC)C2)ccc1OC(F)F. The van der Waals surface area contributed by atoms with E-state index in [1.807, 2.05) is 20.0 Å². The fraction of sp³-hybridized carbons (Fsp3) is 0.625. The number of ether oxygens (including phenoxy) is 2. The number of halogens is 2. The number of benzene rings is 1. The molecule has 0 aliphatic carbocycles. The second kappa shape index (κ2) is 8.29. The third-order valence-electron chi connectivity index (χ3n) is 3.79. The van der Waals surface area contributed by atoms with Crippen LogP contribution in [0.25, 0.3) is 0 Å². The Kier molecular flexibility index (Phi) is 6.39. The molecule has 1 saturated heterocycles. The molecular weight excluding hydrogens is 290 g/mol. The van der Waals surface area contributed by atoms with Crippen LogP contribution in [0.15, 0.2) is 18.2 Å². The number of nitrogens with one attached hydrogen (secondary N) is 1. The van der Waals surface area contributed by atoms with E-state index in [0.717, 1.165) is 31.7 Å².